The first-order chi connectivity index (χ1) is 16.3. The van der Waals surface area contributed by atoms with Gasteiger partial charge in [-0.2, -0.15) is 0 Å². The van der Waals surface area contributed by atoms with E-state index >= 15 is 0 Å². The number of rotatable bonds is 11. The Morgan fingerprint density at radius 2 is 1.91 bits per heavy atom. The van der Waals surface area contributed by atoms with E-state index in [4.69, 9.17) is 0 Å². The minimum absolute atomic E-state index is 0.00684. The molecule has 7 nitrogen and oxygen atoms in total. The van der Waals surface area contributed by atoms with Crippen molar-refractivity contribution in [2.24, 2.45) is 0 Å². The molecule has 0 unspecified atom stereocenters. The fraction of sp³-hybridized carbons (Fsp3) is 0.333. The summed E-state index contributed by atoms with van der Waals surface area (Å²) in [4.78, 5) is 16.9. The third-order valence-corrected chi connectivity index (χ3v) is 5.66. The van der Waals surface area contributed by atoms with Gasteiger partial charge in [-0.05, 0) is 67.8 Å². The second-order valence-corrected chi connectivity index (χ2v) is 9.03. The Morgan fingerprint density at radius 1 is 1.09 bits per heavy atom. The third kappa shape index (κ3) is 7.38. The summed E-state index contributed by atoms with van der Waals surface area (Å²) < 4.78 is 0. The lowest BCUT2D eigenvalue weighted by Crippen LogP contribution is -2.43. The van der Waals surface area contributed by atoms with Crippen LogP contribution in [0.15, 0.2) is 66.9 Å². The maximum Gasteiger partial charge on any atom is 0.251 e. The van der Waals surface area contributed by atoms with Gasteiger partial charge in [-0.25, -0.2) is 0 Å². The van der Waals surface area contributed by atoms with Gasteiger partial charge in [0.1, 0.15) is 5.75 Å². The van der Waals surface area contributed by atoms with Crippen LogP contribution in [0.3, 0.4) is 0 Å². The number of benzene rings is 2. The van der Waals surface area contributed by atoms with Gasteiger partial charge in [-0.15, -0.1) is 0 Å². The molecule has 7 heteroatoms. The maximum absolute atomic E-state index is 12.6. The highest BCUT2D eigenvalue weighted by Gasteiger charge is 2.21. The number of hydrogen-bond acceptors (Lipinski definition) is 6. The lowest BCUT2D eigenvalue weighted by atomic mass is 9.93. The van der Waals surface area contributed by atoms with Gasteiger partial charge < -0.3 is 26.0 Å². The van der Waals surface area contributed by atoms with E-state index in [0.717, 1.165) is 11.3 Å². The van der Waals surface area contributed by atoms with Crippen LogP contribution in [0.1, 0.15) is 52.7 Å². The van der Waals surface area contributed by atoms with Gasteiger partial charge in [0.05, 0.1) is 12.7 Å². The Morgan fingerprint density at radius 3 is 2.65 bits per heavy atom. The van der Waals surface area contributed by atoms with E-state index < -0.39 is 6.10 Å². The SMILES string of the molecule is CC(C)(Cc1cccc(C(=O)NCCc2ccccn2)c1)NC[C@H](O)c1ccc(O)c(CO)c1. The molecule has 0 aliphatic carbocycles. The first-order valence-corrected chi connectivity index (χ1v) is 11.4. The van der Waals surface area contributed by atoms with Crippen LogP contribution in [0.4, 0.5) is 0 Å². The molecule has 3 aromatic rings. The molecular formula is C27H33N3O4. The molecule has 0 radical (unpaired) electrons. The van der Waals surface area contributed by atoms with E-state index in [0.29, 0.717) is 42.6 Å². The Bertz CT molecular complexity index is 1090. The van der Waals surface area contributed by atoms with Gasteiger partial charge in [0.25, 0.3) is 5.91 Å². The van der Waals surface area contributed by atoms with Crippen molar-refractivity contribution >= 4 is 5.91 Å². The number of pyridine rings is 1. The summed E-state index contributed by atoms with van der Waals surface area (Å²) in [7, 11) is 0. The molecule has 180 valence electrons. The van der Waals surface area contributed by atoms with Crippen LogP contribution in [0, 0.1) is 0 Å². The molecule has 2 aromatic carbocycles. The normalized spacial score (nSPS) is 12.4. The Kier molecular flexibility index (Phi) is 8.76. The number of phenols is 1. The molecular weight excluding hydrogens is 430 g/mol. The highest BCUT2D eigenvalue weighted by Crippen LogP contribution is 2.23. The molecule has 0 saturated carbocycles. The number of hydrogen-bond donors (Lipinski definition) is 5. The van der Waals surface area contributed by atoms with Crippen molar-refractivity contribution < 1.29 is 20.1 Å². The maximum atomic E-state index is 12.6. The summed E-state index contributed by atoms with van der Waals surface area (Å²) in [6.45, 7) is 4.60. The summed E-state index contributed by atoms with van der Waals surface area (Å²) in [6, 6.07) is 18.0. The van der Waals surface area contributed by atoms with Crippen LogP contribution >= 0.6 is 0 Å². The topological polar surface area (TPSA) is 115 Å². The second-order valence-electron chi connectivity index (χ2n) is 9.03. The number of aromatic nitrogens is 1. The number of nitrogens with zero attached hydrogens (tertiary/aromatic N) is 1. The van der Waals surface area contributed by atoms with E-state index in [1.165, 1.54) is 6.07 Å². The number of nitrogens with one attached hydrogen (secondary N) is 2. The molecule has 34 heavy (non-hydrogen) atoms. The van der Waals surface area contributed by atoms with Crippen LogP contribution in [-0.2, 0) is 19.4 Å². The zero-order valence-electron chi connectivity index (χ0n) is 19.7. The highest BCUT2D eigenvalue weighted by molar-refractivity contribution is 5.94. The third-order valence-electron chi connectivity index (χ3n) is 5.66. The van der Waals surface area contributed by atoms with Crippen molar-refractivity contribution in [2.75, 3.05) is 13.1 Å². The quantitative estimate of drug-likeness (QED) is 0.299. The predicted molar refractivity (Wildman–Crippen MR) is 131 cm³/mol. The van der Waals surface area contributed by atoms with Gasteiger partial charge in [0.2, 0.25) is 0 Å². The van der Waals surface area contributed by atoms with E-state index in [9.17, 15) is 20.1 Å². The molecule has 0 bridgehead atoms. The molecule has 1 amide bonds. The molecule has 0 saturated heterocycles. The smallest absolute Gasteiger partial charge is 0.251 e. The largest absolute Gasteiger partial charge is 0.508 e. The minimum atomic E-state index is -0.790. The van der Waals surface area contributed by atoms with Crippen LogP contribution in [0.2, 0.25) is 0 Å². The molecule has 5 N–H and O–H groups in total. The van der Waals surface area contributed by atoms with Crippen molar-refractivity contribution in [3.05, 3.63) is 94.8 Å². The summed E-state index contributed by atoms with van der Waals surface area (Å²) in [5.74, 6) is -0.113. The van der Waals surface area contributed by atoms with Crippen molar-refractivity contribution in [1.29, 1.82) is 0 Å². The number of carbonyl (C=O) groups is 1. The highest BCUT2D eigenvalue weighted by atomic mass is 16.3. The monoisotopic (exact) mass is 463 g/mol. The van der Waals surface area contributed by atoms with Gasteiger partial charge in [-0.1, -0.05) is 24.3 Å². The van der Waals surface area contributed by atoms with Crippen molar-refractivity contribution in [3.63, 3.8) is 0 Å². The van der Waals surface area contributed by atoms with Crippen LogP contribution in [-0.4, -0.2) is 44.8 Å². The fourth-order valence-electron chi connectivity index (χ4n) is 3.78. The second kappa shape index (κ2) is 11.7. The standard InChI is InChI=1S/C27H33N3O4/c1-27(2,30-17-25(33)20-9-10-24(32)22(15-20)18-31)16-19-6-5-7-21(14-19)26(34)29-13-11-23-8-3-4-12-28-23/h3-10,12,14-15,25,30-33H,11,13,16-18H2,1-2H3,(H,29,34)/t25-/m0/s1. The van der Waals surface area contributed by atoms with Gasteiger partial charge in [-0.3, -0.25) is 9.78 Å². The first kappa shape index (κ1) is 25.4. The molecule has 1 aromatic heterocycles. The summed E-state index contributed by atoms with van der Waals surface area (Å²) >= 11 is 0. The van der Waals surface area contributed by atoms with E-state index in [-0.39, 0.29) is 23.8 Å². The summed E-state index contributed by atoms with van der Waals surface area (Å²) in [6.07, 6.45) is 2.28. The number of carbonyl (C=O) groups excluding carboxylic acids is 1. The van der Waals surface area contributed by atoms with Crippen molar-refractivity contribution in [1.82, 2.24) is 15.6 Å². The molecule has 3 rings (SSSR count). The van der Waals surface area contributed by atoms with E-state index in [1.807, 2.05) is 50.2 Å². The zero-order valence-corrected chi connectivity index (χ0v) is 19.7. The van der Waals surface area contributed by atoms with Crippen LogP contribution < -0.4 is 10.6 Å². The lowest BCUT2D eigenvalue weighted by molar-refractivity contribution is 0.0954. The van der Waals surface area contributed by atoms with Gasteiger partial charge in [0.15, 0.2) is 0 Å². The van der Waals surface area contributed by atoms with Crippen LogP contribution in [0.25, 0.3) is 0 Å². The average Bonchev–Trinajstić information content (AvgIpc) is 2.83. The number of aliphatic hydroxyl groups is 2. The molecule has 0 spiro atoms. The number of aliphatic hydroxyl groups excluding tert-OH is 2. The number of amides is 1. The fourth-order valence-corrected chi connectivity index (χ4v) is 3.78. The Hall–Kier alpha value is -3.26. The first-order valence-electron chi connectivity index (χ1n) is 11.4. The Labute approximate surface area is 200 Å². The van der Waals surface area contributed by atoms with Gasteiger partial charge in [0, 0.05) is 48.1 Å². The predicted octanol–water partition coefficient (Wildman–Crippen LogP) is 2.90. The molecule has 0 fully saturated rings. The van der Waals surface area contributed by atoms with Crippen LogP contribution in [0.5, 0.6) is 5.75 Å². The number of aromatic hydroxyl groups is 1. The summed E-state index contributed by atoms with van der Waals surface area (Å²) in [5, 5.41) is 35.9. The van der Waals surface area contributed by atoms with E-state index in [2.05, 4.69) is 15.6 Å². The van der Waals surface area contributed by atoms with Gasteiger partial charge >= 0.3 is 0 Å². The van der Waals surface area contributed by atoms with Crippen molar-refractivity contribution in [3.8, 4) is 5.75 Å². The number of β-amino-alcohol motifs (C(OH)–C–C–N with tert-alkyl or cyclic N) is 1. The zero-order chi connectivity index (χ0) is 24.6. The summed E-state index contributed by atoms with van der Waals surface area (Å²) in [5.41, 5.74) is 3.21. The lowest BCUT2D eigenvalue weighted by Gasteiger charge is -2.28. The molecule has 1 atom stereocenters. The van der Waals surface area contributed by atoms with E-state index in [1.54, 1.807) is 24.4 Å². The van der Waals surface area contributed by atoms with Crippen molar-refractivity contribution in [2.45, 2.75) is 44.9 Å². The molecule has 0 aliphatic heterocycles. The molecule has 1 heterocycles. The average molecular weight is 464 g/mol. The Balaban J connectivity index is 1.53. The minimum Gasteiger partial charge on any atom is -0.508 e. The molecule has 0 aliphatic rings.